The van der Waals surface area contributed by atoms with E-state index in [0.29, 0.717) is 6.04 Å². The van der Waals surface area contributed by atoms with E-state index < -0.39 is 0 Å². The van der Waals surface area contributed by atoms with Gasteiger partial charge in [0.25, 0.3) is 0 Å². The highest BCUT2D eigenvalue weighted by molar-refractivity contribution is 5.89. The maximum atomic E-state index is 12.1. The summed E-state index contributed by atoms with van der Waals surface area (Å²) < 4.78 is 0. The van der Waals surface area contributed by atoms with E-state index >= 15 is 0 Å². The number of hydrogen-bond acceptors (Lipinski definition) is 2. The van der Waals surface area contributed by atoms with Crippen LogP contribution in [-0.2, 0) is 0 Å². The molecule has 0 spiro atoms. The van der Waals surface area contributed by atoms with Crippen LogP contribution in [0, 0.1) is 5.41 Å². The second-order valence-corrected chi connectivity index (χ2v) is 6.66. The summed E-state index contributed by atoms with van der Waals surface area (Å²) in [7, 11) is 1.94. The lowest BCUT2D eigenvalue weighted by molar-refractivity contribution is 0.233. The monoisotopic (exact) mass is 289 g/mol. The van der Waals surface area contributed by atoms with E-state index in [4.69, 9.17) is 0 Å². The van der Waals surface area contributed by atoms with Crippen molar-refractivity contribution in [2.24, 2.45) is 5.41 Å². The van der Waals surface area contributed by atoms with E-state index in [1.54, 1.807) is 0 Å². The van der Waals surface area contributed by atoms with Crippen LogP contribution >= 0.6 is 0 Å². The molecule has 0 radical (unpaired) electrons. The highest BCUT2D eigenvalue weighted by Gasteiger charge is 2.35. The first-order valence-electron chi connectivity index (χ1n) is 7.77. The normalized spacial score (nSPS) is 21.8. The molecular formula is C17H27N3O. The molecule has 0 bridgehead atoms. The molecule has 1 aliphatic rings. The van der Waals surface area contributed by atoms with Crippen molar-refractivity contribution in [1.82, 2.24) is 10.6 Å². The number of carbonyl (C=O) groups is 1. The molecule has 1 aromatic carbocycles. The van der Waals surface area contributed by atoms with Gasteiger partial charge in [-0.3, -0.25) is 0 Å². The Bertz CT molecular complexity index is 481. The fraction of sp³-hybridized carbons (Fsp3) is 0.588. The molecule has 1 aliphatic carbocycles. The molecule has 2 unspecified atom stereocenters. The highest BCUT2D eigenvalue weighted by Crippen LogP contribution is 2.37. The number of anilines is 1. The van der Waals surface area contributed by atoms with Crippen molar-refractivity contribution in [3.05, 3.63) is 29.8 Å². The second kappa shape index (κ2) is 6.48. The van der Waals surface area contributed by atoms with Gasteiger partial charge in [-0.05, 0) is 49.9 Å². The van der Waals surface area contributed by atoms with Crippen LogP contribution in [0.2, 0.25) is 0 Å². The minimum Gasteiger partial charge on any atom is -0.335 e. The first-order valence-corrected chi connectivity index (χ1v) is 7.77. The average molecular weight is 289 g/mol. The lowest BCUT2D eigenvalue weighted by atomic mass is 9.87. The number of carbonyl (C=O) groups excluding carboxylic acids is 1. The van der Waals surface area contributed by atoms with Gasteiger partial charge in [-0.15, -0.1) is 0 Å². The fourth-order valence-electron chi connectivity index (χ4n) is 2.94. The average Bonchev–Trinajstić information content (AvgIpc) is 2.77. The first-order chi connectivity index (χ1) is 9.92. The van der Waals surface area contributed by atoms with Crippen LogP contribution < -0.4 is 16.0 Å². The lowest BCUT2D eigenvalue weighted by Crippen LogP contribution is -2.43. The zero-order chi connectivity index (χ0) is 15.5. The van der Waals surface area contributed by atoms with E-state index in [9.17, 15) is 4.79 Å². The van der Waals surface area contributed by atoms with E-state index in [2.05, 4.69) is 36.7 Å². The predicted octanol–water partition coefficient (Wildman–Crippen LogP) is 3.67. The Morgan fingerprint density at radius 2 is 1.95 bits per heavy atom. The van der Waals surface area contributed by atoms with Crippen LogP contribution in [0.15, 0.2) is 24.3 Å². The molecule has 21 heavy (non-hydrogen) atoms. The topological polar surface area (TPSA) is 53.2 Å². The maximum Gasteiger partial charge on any atom is 0.319 e. The van der Waals surface area contributed by atoms with Gasteiger partial charge in [0.1, 0.15) is 0 Å². The summed E-state index contributed by atoms with van der Waals surface area (Å²) in [6.07, 6.45) is 3.43. The summed E-state index contributed by atoms with van der Waals surface area (Å²) in [5, 5.41) is 9.22. The minimum atomic E-state index is -0.107. The third kappa shape index (κ3) is 3.97. The summed E-state index contributed by atoms with van der Waals surface area (Å²) in [6.45, 7) is 6.55. The van der Waals surface area contributed by atoms with Gasteiger partial charge in [-0.1, -0.05) is 32.4 Å². The van der Waals surface area contributed by atoms with Gasteiger partial charge in [0.2, 0.25) is 0 Å². The molecule has 2 amide bonds. The molecule has 2 rings (SSSR count). The Hall–Kier alpha value is -1.55. The Balaban J connectivity index is 1.91. The Morgan fingerprint density at radius 3 is 2.48 bits per heavy atom. The largest absolute Gasteiger partial charge is 0.335 e. The van der Waals surface area contributed by atoms with E-state index in [1.165, 1.54) is 18.4 Å². The summed E-state index contributed by atoms with van der Waals surface area (Å²) in [5.41, 5.74) is 2.24. The van der Waals surface area contributed by atoms with Crippen LogP contribution in [0.1, 0.15) is 51.6 Å². The molecular weight excluding hydrogens is 262 g/mol. The maximum absolute atomic E-state index is 12.1. The van der Waals surface area contributed by atoms with E-state index in [-0.39, 0.29) is 17.5 Å². The molecule has 4 nitrogen and oxygen atoms in total. The summed E-state index contributed by atoms with van der Waals surface area (Å²) in [4.78, 5) is 12.1. The van der Waals surface area contributed by atoms with Crippen molar-refractivity contribution in [2.75, 3.05) is 12.4 Å². The SMILES string of the molecule is CNC(C)c1ccc(NC(=O)NC2CCCC2(C)C)cc1. The molecule has 0 saturated heterocycles. The molecule has 4 heteroatoms. The van der Waals surface area contributed by atoms with Gasteiger partial charge in [0.05, 0.1) is 0 Å². The van der Waals surface area contributed by atoms with Crippen molar-refractivity contribution in [3.63, 3.8) is 0 Å². The fourth-order valence-corrected chi connectivity index (χ4v) is 2.94. The van der Waals surface area contributed by atoms with E-state index in [0.717, 1.165) is 12.1 Å². The van der Waals surface area contributed by atoms with Crippen molar-refractivity contribution in [1.29, 1.82) is 0 Å². The number of urea groups is 1. The van der Waals surface area contributed by atoms with Crippen LogP contribution in [0.4, 0.5) is 10.5 Å². The minimum absolute atomic E-state index is 0.107. The standard InChI is InChI=1S/C17H27N3O/c1-12(18-4)13-7-9-14(10-8-13)19-16(21)20-15-6-5-11-17(15,2)3/h7-10,12,15,18H,5-6,11H2,1-4H3,(H2,19,20,21). The molecule has 1 fully saturated rings. The molecule has 1 saturated carbocycles. The van der Waals surface area contributed by atoms with Gasteiger partial charge in [0, 0.05) is 17.8 Å². The quantitative estimate of drug-likeness (QED) is 0.792. The predicted molar refractivity (Wildman–Crippen MR) is 87.5 cm³/mol. The van der Waals surface area contributed by atoms with Crippen LogP contribution in [0.5, 0.6) is 0 Å². The van der Waals surface area contributed by atoms with Crippen molar-refractivity contribution < 1.29 is 4.79 Å². The summed E-state index contributed by atoms with van der Waals surface area (Å²) in [6, 6.07) is 8.44. The first kappa shape index (κ1) is 15.8. The Labute approximate surface area is 127 Å². The smallest absolute Gasteiger partial charge is 0.319 e. The van der Waals surface area contributed by atoms with Gasteiger partial charge < -0.3 is 16.0 Å². The number of hydrogen-bond donors (Lipinski definition) is 3. The Kier molecular flexibility index (Phi) is 4.88. The summed E-state index contributed by atoms with van der Waals surface area (Å²) >= 11 is 0. The van der Waals surface area contributed by atoms with Gasteiger partial charge in [-0.25, -0.2) is 4.79 Å². The molecule has 1 aromatic rings. The van der Waals surface area contributed by atoms with E-state index in [1.807, 2.05) is 31.3 Å². The summed E-state index contributed by atoms with van der Waals surface area (Å²) in [5.74, 6) is 0. The zero-order valence-corrected chi connectivity index (χ0v) is 13.5. The van der Waals surface area contributed by atoms with Crippen LogP contribution in [0.3, 0.4) is 0 Å². The van der Waals surface area contributed by atoms with Crippen molar-refractivity contribution >= 4 is 11.7 Å². The molecule has 0 aromatic heterocycles. The Morgan fingerprint density at radius 1 is 1.29 bits per heavy atom. The third-order valence-electron chi connectivity index (χ3n) is 4.66. The van der Waals surface area contributed by atoms with Gasteiger partial charge in [-0.2, -0.15) is 0 Å². The number of benzene rings is 1. The molecule has 3 N–H and O–H groups in total. The molecule has 116 valence electrons. The van der Waals surface area contributed by atoms with Crippen LogP contribution in [0.25, 0.3) is 0 Å². The van der Waals surface area contributed by atoms with Crippen molar-refractivity contribution in [3.8, 4) is 0 Å². The van der Waals surface area contributed by atoms with Crippen LogP contribution in [-0.4, -0.2) is 19.1 Å². The van der Waals surface area contributed by atoms with Gasteiger partial charge in [0.15, 0.2) is 0 Å². The zero-order valence-electron chi connectivity index (χ0n) is 13.5. The molecule has 0 heterocycles. The lowest BCUT2D eigenvalue weighted by Gasteiger charge is -2.27. The number of rotatable bonds is 4. The van der Waals surface area contributed by atoms with Gasteiger partial charge >= 0.3 is 6.03 Å². The molecule has 2 atom stereocenters. The number of nitrogens with one attached hydrogen (secondary N) is 3. The molecule has 0 aliphatic heterocycles. The highest BCUT2D eigenvalue weighted by atomic mass is 16.2. The third-order valence-corrected chi connectivity index (χ3v) is 4.66. The number of amides is 2. The second-order valence-electron chi connectivity index (χ2n) is 6.66. The van der Waals surface area contributed by atoms with Crippen molar-refractivity contribution in [2.45, 2.75) is 52.1 Å².